The van der Waals surface area contributed by atoms with Crippen LogP contribution in [0.5, 0.6) is 0 Å². The lowest BCUT2D eigenvalue weighted by Crippen LogP contribution is -2.51. The van der Waals surface area contributed by atoms with Crippen molar-refractivity contribution in [2.45, 2.75) is 6.92 Å². The molecule has 2 heterocycles. The predicted octanol–water partition coefficient (Wildman–Crippen LogP) is 4.25. The average molecular weight is 457 g/mol. The summed E-state index contributed by atoms with van der Waals surface area (Å²) < 4.78 is 20.0. The zero-order chi connectivity index (χ0) is 22.7. The van der Waals surface area contributed by atoms with E-state index in [4.69, 9.17) is 16.3 Å². The van der Waals surface area contributed by atoms with Crippen LogP contribution in [0.4, 0.5) is 9.18 Å². The van der Waals surface area contributed by atoms with Crippen LogP contribution in [-0.4, -0.2) is 64.4 Å². The van der Waals surface area contributed by atoms with Gasteiger partial charge in [-0.25, -0.2) is 13.9 Å². The first-order chi connectivity index (χ1) is 15.5. The van der Waals surface area contributed by atoms with E-state index in [0.717, 1.165) is 0 Å². The number of piperazine rings is 1. The van der Waals surface area contributed by atoms with Crippen LogP contribution in [0.15, 0.2) is 54.6 Å². The fraction of sp³-hybridized carbons (Fsp3) is 0.261. The van der Waals surface area contributed by atoms with E-state index in [2.05, 4.69) is 5.10 Å². The maximum absolute atomic E-state index is 13.5. The highest BCUT2D eigenvalue weighted by Crippen LogP contribution is 2.29. The van der Waals surface area contributed by atoms with Gasteiger partial charge in [-0.05, 0) is 43.3 Å². The Kier molecular flexibility index (Phi) is 6.41. The van der Waals surface area contributed by atoms with Gasteiger partial charge in [-0.2, -0.15) is 5.10 Å². The Morgan fingerprint density at radius 2 is 1.69 bits per heavy atom. The smallest absolute Gasteiger partial charge is 0.409 e. The van der Waals surface area contributed by atoms with E-state index in [-0.39, 0.29) is 17.8 Å². The topological polar surface area (TPSA) is 67.7 Å². The van der Waals surface area contributed by atoms with Crippen molar-refractivity contribution in [1.82, 2.24) is 19.6 Å². The zero-order valence-electron chi connectivity index (χ0n) is 17.5. The third kappa shape index (κ3) is 4.45. The summed E-state index contributed by atoms with van der Waals surface area (Å²) in [7, 11) is 0. The molecule has 3 aromatic rings. The number of hydrogen-bond acceptors (Lipinski definition) is 4. The zero-order valence-corrected chi connectivity index (χ0v) is 18.3. The van der Waals surface area contributed by atoms with E-state index < -0.39 is 0 Å². The van der Waals surface area contributed by atoms with Crippen molar-refractivity contribution in [3.8, 4) is 16.9 Å². The molecule has 166 valence electrons. The standard InChI is InChI=1S/C23H22ClFN4O3/c1-2-32-23(31)28-13-11-27(12-14-28)22(30)21-15-20(18-5-3-4-6-19(18)24)26-29(21)17-9-7-16(25)8-10-17/h3-10,15H,2,11-14H2,1H3. The Labute approximate surface area is 189 Å². The number of aromatic nitrogens is 2. The van der Waals surface area contributed by atoms with Gasteiger partial charge in [-0.3, -0.25) is 4.79 Å². The van der Waals surface area contributed by atoms with Crippen LogP contribution in [-0.2, 0) is 4.74 Å². The van der Waals surface area contributed by atoms with Gasteiger partial charge in [0.1, 0.15) is 11.5 Å². The normalized spacial score (nSPS) is 13.8. The van der Waals surface area contributed by atoms with Gasteiger partial charge in [-0.1, -0.05) is 29.8 Å². The monoisotopic (exact) mass is 456 g/mol. The number of nitrogens with zero attached hydrogens (tertiary/aromatic N) is 4. The molecule has 0 N–H and O–H groups in total. The van der Waals surface area contributed by atoms with E-state index in [1.54, 1.807) is 41.0 Å². The van der Waals surface area contributed by atoms with Crippen LogP contribution in [0, 0.1) is 5.82 Å². The summed E-state index contributed by atoms with van der Waals surface area (Å²) in [5.41, 5.74) is 2.11. The molecule has 2 aromatic carbocycles. The average Bonchev–Trinajstić information content (AvgIpc) is 3.25. The van der Waals surface area contributed by atoms with Crippen molar-refractivity contribution in [1.29, 1.82) is 0 Å². The molecule has 0 saturated carbocycles. The fourth-order valence-corrected chi connectivity index (χ4v) is 3.81. The van der Waals surface area contributed by atoms with E-state index in [9.17, 15) is 14.0 Å². The summed E-state index contributed by atoms with van der Waals surface area (Å²) >= 11 is 6.34. The lowest BCUT2D eigenvalue weighted by molar-refractivity contribution is 0.0563. The lowest BCUT2D eigenvalue weighted by atomic mass is 10.1. The van der Waals surface area contributed by atoms with Crippen molar-refractivity contribution in [2.24, 2.45) is 0 Å². The summed E-state index contributed by atoms with van der Waals surface area (Å²) in [6.07, 6.45) is -0.378. The maximum Gasteiger partial charge on any atom is 0.409 e. The Morgan fingerprint density at radius 1 is 1.03 bits per heavy atom. The maximum atomic E-state index is 13.5. The number of hydrogen-bond donors (Lipinski definition) is 0. The highest BCUT2D eigenvalue weighted by Gasteiger charge is 2.28. The van der Waals surface area contributed by atoms with Crippen LogP contribution in [0.2, 0.25) is 5.02 Å². The minimum atomic E-state index is -0.379. The van der Waals surface area contributed by atoms with Crippen molar-refractivity contribution >= 4 is 23.6 Å². The van der Waals surface area contributed by atoms with Crippen LogP contribution >= 0.6 is 11.6 Å². The molecule has 7 nitrogen and oxygen atoms in total. The Balaban J connectivity index is 1.65. The Hall–Kier alpha value is -3.39. The number of halogens is 2. The number of carbonyl (C=O) groups is 2. The summed E-state index contributed by atoms with van der Waals surface area (Å²) in [6.45, 7) is 3.56. The molecule has 0 atom stereocenters. The number of rotatable bonds is 4. The first-order valence-electron chi connectivity index (χ1n) is 10.3. The van der Waals surface area contributed by atoms with Crippen molar-refractivity contribution in [3.63, 3.8) is 0 Å². The largest absolute Gasteiger partial charge is 0.450 e. The molecule has 0 unspecified atom stereocenters. The predicted molar refractivity (Wildman–Crippen MR) is 118 cm³/mol. The SMILES string of the molecule is CCOC(=O)N1CCN(C(=O)c2cc(-c3ccccc3Cl)nn2-c2ccc(F)cc2)CC1. The van der Waals surface area contributed by atoms with Gasteiger partial charge in [0.25, 0.3) is 5.91 Å². The highest BCUT2D eigenvalue weighted by atomic mass is 35.5. The van der Waals surface area contributed by atoms with E-state index in [0.29, 0.717) is 60.4 Å². The summed E-state index contributed by atoms with van der Waals surface area (Å²) in [4.78, 5) is 28.6. The molecule has 1 aliphatic heterocycles. The fourth-order valence-electron chi connectivity index (χ4n) is 3.58. The molecule has 1 saturated heterocycles. The Bertz CT molecular complexity index is 1120. The molecule has 9 heteroatoms. The first kappa shape index (κ1) is 21.8. The van der Waals surface area contributed by atoms with Crippen molar-refractivity contribution in [2.75, 3.05) is 32.8 Å². The number of amides is 2. The third-order valence-electron chi connectivity index (χ3n) is 5.24. The van der Waals surface area contributed by atoms with Crippen LogP contribution < -0.4 is 0 Å². The minimum Gasteiger partial charge on any atom is -0.450 e. The Morgan fingerprint density at radius 3 is 2.34 bits per heavy atom. The number of benzene rings is 2. The molecule has 1 fully saturated rings. The van der Waals surface area contributed by atoms with E-state index >= 15 is 0 Å². The minimum absolute atomic E-state index is 0.233. The molecule has 1 aromatic heterocycles. The van der Waals surface area contributed by atoms with Crippen molar-refractivity contribution < 1.29 is 18.7 Å². The van der Waals surface area contributed by atoms with Gasteiger partial charge in [0.15, 0.2) is 0 Å². The molecule has 32 heavy (non-hydrogen) atoms. The van der Waals surface area contributed by atoms with Gasteiger partial charge in [0.05, 0.1) is 23.0 Å². The second-order valence-corrected chi connectivity index (χ2v) is 7.67. The molecule has 0 bridgehead atoms. The number of ether oxygens (including phenoxy) is 1. The van der Waals surface area contributed by atoms with Gasteiger partial charge in [0, 0.05) is 31.7 Å². The van der Waals surface area contributed by atoms with Crippen molar-refractivity contribution in [3.05, 3.63) is 71.1 Å². The number of carbonyl (C=O) groups excluding carboxylic acids is 2. The quantitative estimate of drug-likeness (QED) is 0.588. The van der Waals surface area contributed by atoms with E-state index in [1.165, 1.54) is 16.8 Å². The van der Waals surface area contributed by atoms with Gasteiger partial charge >= 0.3 is 6.09 Å². The molecule has 1 aliphatic rings. The third-order valence-corrected chi connectivity index (χ3v) is 5.57. The van der Waals surface area contributed by atoms with Gasteiger partial charge < -0.3 is 14.5 Å². The molecule has 4 rings (SSSR count). The summed E-state index contributed by atoms with van der Waals surface area (Å²) in [5, 5.41) is 5.11. The van der Waals surface area contributed by atoms with Crippen LogP contribution in [0.1, 0.15) is 17.4 Å². The molecule has 0 radical (unpaired) electrons. The summed E-state index contributed by atoms with van der Waals surface area (Å²) in [5.74, 6) is -0.612. The van der Waals surface area contributed by atoms with E-state index in [1.807, 2.05) is 18.2 Å². The second-order valence-electron chi connectivity index (χ2n) is 7.26. The molecule has 0 spiro atoms. The lowest BCUT2D eigenvalue weighted by Gasteiger charge is -2.34. The van der Waals surface area contributed by atoms with Crippen LogP contribution in [0.3, 0.4) is 0 Å². The molecular formula is C23H22ClFN4O3. The van der Waals surface area contributed by atoms with Gasteiger partial charge in [-0.15, -0.1) is 0 Å². The molecule has 0 aliphatic carbocycles. The first-order valence-corrected chi connectivity index (χ1v) is 10.7. The van der Waals surface area contributed by atoms with Crippen LogP contribution in [0.25, 0.3) is 16.9 Å². The molecule has 2 amide bonds. The second kappa shape index (κ2) is 9.40. The van der Waals surface area contributed by atoms with Gasteiger partial charge in [0.2, 0.25) is 0 Å². The molecular weight excluding hydrogens is 435 g/mol. The summed E-state index contributed by atoms with van der Waals surface area (Å²) in [6, 6.07) is 14.7. The highest BCUT2D eigenvalue weighted by molar-refractivity contribution is 6.33.